The lowest BCUT2D eigenvalue weighted by molar-refractivity contribution is 0.296. The Kier molecular flexibility index (Phi) is 5.12. The highest BCUT2D eigenvalue weighted by atomic mass is 35.5. The van der Waals surface area contributed by atoms with Crippen molar-refractivity contribution in [3.63, 3.8) is 0 Å². The Labute approximate surface area is 186 Å². The van der Waals surface area contributed by atoms with Crippen molar-refractivity contribution in [2.24, 2.45) is 0 Å². The summed E-state index contributed by atoms with van der Waals surface area (Å²) in [5, 5.41) is 9.47. The lowest BCUT2D eigenvalue weighted by atomic mass is 10.2. The molecule has 0 fully saturated rings. The molecule has 1 aromatic carbocycles. The van der Waals surface area contributed by atoms with Crippen LogP contribution in [0.3, 0.4) is 0 Å². The Bertz CT molecular complexity index is 1440. The summed E-state index contributed by atoms with van der Waals surface area (Å²) in [4.78, 5) is 25.8. The van der Waals surface area contributed by atoms with Gasteiger partial charge in [-0.2, -0.15) is 9.78 Å². The lowest BCUT2D eigenvalue weighted by Crippen LogP contribution is -2.25. The topological polar surface area (TPSA) is 106 Å². The molecule has 0 unspecified atom stereocenters. The summed E-state index contributed by atoms with van der Waals surface area (Å²) >= 11 is 5.97. The summed E-state index contributed by atoms with van der Waals surface area (Å²) in [6.45, 7) is 2.50. The van der Waals surface area contributed by atoms with Crippen LogP contribution in [0.1, 0.15) is 12.5 Å². The summed E-state index contributed by atoms with van der Waals surface area (Å²) < 4.78 is 9.93. The standard InChI is InChI=1S/C21H17ClN8O2/c1-2-32-20-27-30(21(31)28(20)11-14-3-5-15(22)6-4-14)19-8-7-17-18(25-19)12-29(26-17)16-9-23-13-24-10-16/h3-10,12-13H,2,11H2,1H3. The molecule has 0 atom stereocenters. The first-order valence-corrected chi connectivity index (χ1v) is 10.2. The first-order valence-electron chi connectivity index (χ1n) is 9.81. The quantitative estimate of drug-likeness (QED) is 0.393. The van der Waals surface area contributed by atoms with Gasteiger partial charge in [-0.3, -0.25) is 0 Å². The van der Waals surface area contributed by atoms with Crippen LogP contribution in [0.5, 0.6) is 6.01 Å². The number of benzene rings is 1. The molecule has 0 aliphatic carbocycles. The minimum atomic E-state index is -0.362. The molecule has 4 aromatic heterocycles. The minimum Gasteiger partial charge on any atom is -0.464 e. The van der Waals surface area contributed by atoms with Crippen LogP contribution in [0.15, 0.2) is 66.1 Å². The van der Waals surface area contributed by atoms with Gasteiger partial charge in [0.05, 0.1) is 31.7 Å². The molecule has 11 heteroatoms. The first kappa shape index (κ1) is 19.9. The number of halogens is 1. The predicted octanol–water partition coefficient (Wildman–Crippen LogP) is 2.66. The number of hydrogen-bond donors (Lipinski definition) is 0. The minimum absolute atomic E-state index is 0.214. The smallest absolute Gasteiger partial charge is 0.355 e. The van der Waals surface area contributed by atoms with Gasteiger partial charge in [-0.15, -0.1) is 5.10 Å². The molecule has 0 radical (unpaired) electrons. The Balaban J connectivity index is 1.55. The summed E-state index contributed by atoms with van der Waals surface area (Å²) in [5.41, 5.74) is 2.50. The van der Waals surface area contributed by atoms with E-state index < -0.39 is 0 Å². The number of fused-ring (bicyclic) bond motifs is 1. The van der Waals surface area contributed by atoms with Gasteiger partial charge in [0, 0.05) is 5.02 Å². The molecule has 4 heterocycles. The van der Waals surface area contributed by atoms with Gasteiger partial charge < -0.3 is 4.74 Å². The average Bonchev–Trinajstić information content (AvgIpc) is 3.37. The lowest BCUT2D eigenvalue weighted by Gasteiger charge is -2.05. The third-order valence-corrected chi connectivity index (χ3v) is 4.98. The summed E-state index contributed by atoms with van der Waals surface area (Å²) in [6.07, 6.45) is 6.50. The first-order chi connectivity index (χ1) is 15.6. The zero-order valence-electron chi connectivity index (χ0n) is 17.0. The number of aromatic nitrogens is 8. The van der Waals surface area contributed by atoms with Gasteiger partial charge in [0.1, 0.15) is 23.0 Å². The highest BCUT2D eigenvalue weighted by Crippen LogP contribution is 2.17. The molecule has 0 bridgehead atoms. The van der Waals surface area contributed by atoms with Gasteiger partial charge in [-0.25, -0.2) is 29.0 Å². The van der Waals surface area contributed by atoms with Gasteiger partial charge in [0.2, 0.25) is 0 Å². The third kappa shape index (κ3) is 3.71. The molecular formula is C21H17ClN8O2. The maximum absolute atomic E-state index is 13.2. The highest BCUT2D eigenvalue weighted by molar-refractivity contribution is 6.30. The van der Waals surface area contributed by atoms with Crippen molar-refractivity contribution < 1.29 is 4.74 Å². The Morgan fingerprint density at radius 1 is 1.00 bits per heavy atom. The number of nitrogens with zero attached hydrogens (tertiary/aromatic N) is 8. The van der Waals surface area contributed by atoms with Crippen molar-refractivity contribution in [2.75, 3.05) is 6.61 Å². The molecule has 10 nitrogen and oxygen atoms in total. The van der Waals surface area contributed by atoms with E-state index in [-0.39, 0.29) is 11.7 Å². The Morgan fingerprint density at radius 3 is 2.53 bits per heavy atom. The average molecular weight is 449 g/mol. The molecule has 0 amide bonds. The highest BCUT2D eigenvalue weighted by Gasteiger charge is 2.18. The van der Waals surface area contributed by atoms with Crippen molar-refractivity contribution in [2.45, 2.75) is 13.5 Å². The Morgan fingerprint density at radius 2 is 1.78 bits per heavy atom. The molecular weight excluding hydrogens is 432 g/mol. The van der Waals surface area contributed by atoms with Crippen LogP contribution in [-0.4, -0.2) is 45.7 Å². The molecule has 5 aromatic rings. The Hall–Kier alpha value is -4.05. The number of hydrogen-bond acceptors (Lipinski definition) is 7. The van der Waals surface area contributed by atoms with E-state index in [9.17, 15) is 4.79 Å². The van der Waals surface area contributed by atoms with Gasteiger partial charge in [-0.05, 0) is 36.8 Å². The fourth-order valence-corrected chi connectivity index (χ4v) is 3.35. The number of rotatable bonds is 6. The second-order valence-corrected chi connectivity index (χ2v) is 7.30. The molecule has 0 saturated carbocycles. The largest absolute Gasteiger partial charge is 0.464 e. The van der Waals surface area contributed by atoms with E-state index in [0.29, 0.717) is 40.7 Å². The van der Waals surface area contributed by atoms with Gasteiger partial charge in [-0.1, -0.05) is 23.7 Å². The normalized spacial score (nSPS) is 11.2. The second-order valence-electron chi connectivity index (χ2n) is 6.87. The SMILES string of the molecule is CCOc1nn(-c2ccc3nn(-c4cncnc4)cc3n2)c(=O)n1Cc1ccc(Cl)cc1. The fourth-order valence-electron chi connectivity index (χ4n) is 3.23. The molecule has 0 saturated heterocycles. The van der Waals surface area contributed by atoms with Crippen molar-refractivity contribution in [3.8, 4) is 17.5 Å². The maximum atomic E-state index is 13.2. The summed E-state index contributed by atoms with van der Waals surface area (Å²) in [6, 6.07) is 10.9. The predicted molar refractivity (Wildman–Crippen MR) is 118 cm³/mol. The molecule has 160 valence electrons. The van der Waals surface area contributed by atoms with E-state index in [0.717, 1.165) is 5.56 Å². The van der Waals surface area contributed by atoms with E-state index in [4.69, 9.17) is 16.3 Å². The van der Waals surface area contributed by atoms with Crippen LogP contribution in [0.25, 0.3) is 22.5 Å². The fraction of sp³-hybridized carbons (Fsp3) is 0.143. The zero-order valence-corrected chi connectivity index (χ0v) is 17.7. The van der Waals surface area contributed by atoms with Crippen molar-refractivity contribution in [3.05, 3.63) is 82.4 Å². The van der Waals surface area contributed by atoms with Gasteiger partial charge in [0.25, 0.3) is 0 Å². The van der Waals surface area contributed by atoms with Crippen molar-refractivity contribution >= 4 is 22.6 Å². The van der Waals surface area contributed by atoms with Crippen molar-refractivity contribution in [1.82, 2.24) is 39.1 Å². The third-order valence-electron chi connectivity index (χ3n) is 4.73. The number of ether oxygens (including phenoxy) is 1. The van der Waals surface area contributed by atoms with E-state index in [1.165, 1.54) is 15.6 Å². The zero-order chi connectivity index (χ0) is 22.1. The van der Waals surface area contributed by atoms with Crippen LogP contribution < -0.4 is 10.4 Å². The molecule has 0 aliphatic heterocycles. The number of pyridine rings is 1. The molecule has 0 aliphatic rings. The van der Waals surface area contributed by atoms with Crippen LogP contribution in [0, 0.1) is 0 Å². The van der Waals surface area contributed by atoms with Crippen LogP contribution in [0.2, 0.25) is 5.02 Å². The van der Waals surface area contributed by atoms with Crippen molar-refractivity contribution in [1.29, 1.82) is 0 Å². The molecule has 0 spiro atoms. The molecule has 32 heavy (non-hydrogen) atoms. The van der Waals surface area contributed by atoms with Crippen LogP contribution in [0.4, 0.5) is 0 Å². The summed E-state index contributed by atoms with van der Waals surface area (Å²) in [7, 11) is 0. The van der Waals surface area contributed by atoms with E-state index in [1.807, 2.05) is 19.1 Å². The second kappa shape index (κ2) is 8.23. The van der Waals surface area contributed by atoms with Crippen LogP contribution >= 0.6 is 11.6 Å². The van der Waals surface area contributed by atoms with Gasteiger partial charge in [0.15, 0.2) is 5.82 Å². The van der Waals surface area contributed by atoms with Gasteiger partial charge >= 0.3 is 11.7 Å². The van der Waals surface area contributed by atoms with E-state index in [1.54, 1.807) is 47.5 Å². The monoisotopic (exact) mass is 448 g/mol. The maximum Gasteiger partial charge on any atom is 0.355 e. The molecule has 0 N–H and O–H groups in total. The summed E-state index contributed by atoms with van der Waals surface area (Å²) in [5.74, 6) is 0.363. The molecule has 5 rings (SSSR count). The van der Waals surface area contributed by atoms with E-state index in [2.05, 4.69) is 25.1 Å². The van der Waals surface area contributed by atoms with E-state index >= 15 is 0 Å². The van der Waals surface area contributed by atoms with Crippen LogP contribution in [-0.2, 0) is 6.54 Å².